The summed E-state index contributed by atoms with van der Waals surface area (Å²) in [7, 11) is 0. The molecule has 2 nitrogen and oxygen atoms in total. The Balaban J connectivity index is 3.41. The molecule has 1 heterocycles. The maximum absolute atomic E-state index is 13.3. The van der Waals surface area contributed by atoms with Gasteiger partial charge in [0, 0.05) is 6.20 Å². The number of rotatable bonds is 5. The van der Waals surface area contributed by atoms with E-state index in [1.54, 1.807) is 0 Å². The SMILES string of the molecule is FC(F)(Cl)C(F)(F)C(F)(F)C(F)(F)C(F)(F)c1ccn[nH]1. The molecule has 0 saturated heterocycles. The van der Waals surface area contributed by atoms with Crippen LogP contribution in [0.3, 0.4) is 0 Å². The van der Waals surface area contributed by atoms with Gasteiger partial charge in [-0.25, -0.2) is 0 Å². The predicted octanol–water partition coefficient (Wildman–Crippen LogP) is 4.24. The molecule has 0 aliphatic carbocycles. The van der Waals surface area contributed by atoms with Gasteiger partial charge in [-0.2, -0.15) is 49.0 Å². The third-order valence-electron chi connectivity index (χ3n) is 2.38. The Morgan fingerprint density at radius 1 is 0.810 bits per heavy atom. The fourth-order valence-corrected chi connectivity index (χ4v) is 1.29. The Morgan fingerprint density at radius 2 is 1.29 bits per heavy atom. The van der Waals surface area contributed by atoms with E-state index in [0.29, 0.717) is 6.20 Å². The molecule has 122 valence electrons. The number of hydrogen-bond donors (Lipinski definition) is 1. The molecule has 0 aromatic carbocycles. The first-order valence-electron chi connectivity index (χ1n) is 4.68. The second kappa shape index (κ2) is 4.65. The zero-order valence-corrected chi connectivity index (χ0v) is 10.0. The van der Waals surface area contributed by atoms with Gasteiger partial charge in [0.05, 0.1) is 0 Å². The number of aromatic nitrogens is 2. The number of hydrogen-bond acceptors (Lipinski definition) is 1. The lowest BCUT2D eigenvalue weighted by Gasteiger charge is -2.37. The van der Waals surface area contributed by atoms with E-state index in [0.717, 1.165) is 0 Å². The monoisotopic (exact) mass is 352 g/mol. The molecule has 0 aliphatic heterocycles. The molecule has 0 spiro atoms. The largest absolute Gasteiger partial charge is 0.393 e. The highest BCUT2D eigenvalue weighted by molar-refractivity contribution is 6.22. The van der Waals surface area contributed by atoms with Crippen LogP contribution in [0.4, 0.5) is 43.9 Å². The minimum atomic E-state index is -7.17. The van der Waals surface area contributed by atoms with Crippen molar-refractivity contribution in [3.8, 4) is 0 Å². The zero-order valence-electron chi connectivity index (χ0n) is 9.26. The van der Waals surface area contributed by atoms with Crippen molar-refractivity contribution in [2.45, 2.75) is 29.1 Å². The van der Waals surface area contributed by atoms with Crippen LogP contribution >= 0.6 is 11.6 Å². The highest BCUT2D eigenvalue weighted by Crippen LogP contribution is 2.59. The number of nitrogens with one attached hydrogen (secondary N) is 1. The molecule has 1 rings (SSSR count). The molecule has 21 heavy (non-hydrogen) atoms. The second-order valence-corrected chi connectivity index (χ2v) is 4.24. The van der Waals surface area contributed by atoms with Crippen molar-refractivity contribution >= 4 is 11.6 Å². The van der Waals surface area contributed by atoms with Crippen molar-refractivity contribution in [2.24, 2.45) is 0 Å². The zero-order chi connectivity index (χ0) is 16.9. The van der Waals surface area contributed by atoms with Gasteiger partial charge in [-0.1, -0.05) is 0 Å². The molecule has 1 aromatic heterocycles. The first kappa shape index (κ1) is 17.9. The van der Waals surface area contributed by atoms with Crippen LogP contribution in [-0.4, -0.2) is 33.3 Å². The van der Waals surface area contributed by atoms with Gasteiger partial charge in [0.25, 0.3) is 0 Å². The van der Waals surface area contributed by atoms with Gasteiger partial charge in [-0.3, -0.25) is 5.10 Å². The summed E-state index contributed by atoms with van der Waals surface area (Å²) in [5.74, 6) is -27.0. The number of halogens is 11. The van der Waals surface area contributed by atoms with Crippen molar-refractivity contribution in [3.63, 3.8) is 0 Å². The Kier molecular flexibility index (Phi) is 3.95. The lowest BCUT2D eigenvalue weighted by atomic mass is 9.96. The van der Waals surface area contributed by atoms with E-state index in [9.17, 15) is 43.9 Å². The predicted molar refractivity (Wildman–Crippen MR) is 48.1 cm³/mol. The highest BCUT2D eigenvalue weighted by atomic mass is 35.5. The van der Waals surface area contributed by atoms with Gasteiger partial charge in [0.15, 0.2) is 0 Å². The van der Waals surface area contributed by atoms with Gasteiger partial charge >= 0.3 is 29.1 Å². The Hall–Kier alpha value is -1.20. The molecule has 0 atom stereocenters. The van der Waals surface area contributed by atoms with Crippen molar-refractivity contribution in [3.05, 3.63) is 18.0 Å². The lowest BCUT2D eigenvalue weighted by molar-refractivity contribution is -0.393. The van der Waals surface area contributed by atoms with Crippen LogP contribution in [0.5, 0.6) is 0 Å². The van der Waals surface area contributed by atoms with E-state index in [1.165, 1.54) is 5.10 Å². The number of alkyl halides is 11. The summed E-state index contributed by atoms with van der Waals surface area (Å²) in [5, 5.41) is -2.27. The Labute approximate surface area is 114 Å². The van der Waals surface area contributed by atoms with Gasteiger partial charge in [-0.05, 0) is 17.7 Å². The fraction of sp³-hybridized carbons (Fsp3) is 0.625. The highest BCUT2D eigenvalue weighted by Gasteiger charge is 2.86. The first-order valence-corrected chi connectivity index (χ1v) is 5.06. The molecule has 0 bridgehead atoms. The van der Waals surface area contributed by atoms with Crippen LogP contribution < -0.4 is 0 Å². The number of nitrogens with zero attached hydrogens (tertiary/aromatic N) is 1. The molecule has 13 heteroatoms. The van der Waals surface area contributed by atoms with Crippen molar-refractivity contribution in [1.82, 2.24) is 10.2 Å². The minimum absolute atomic E-state index is 0.0843. The smallest absolute Gasteiger partial charge is 0.276 e. The normalized spacial score (nSPS) is 15.4. The quantitative estimate of drug-likeness (QED) is 0.623. The van der Waals surface area contributed by atoms with Crippen molar-refractivity contribution in [2.75, 3.05) is 0 Å². The summed E-state index contributed by atoms with van der Waals surface area (Å²) in [4.78, 5) is 0. The Morgan fingerprint density at radius 3 is 1.62 bits per heavy atom. The van der Waals surface area contributed by atoms with E-state index in [-0.39, 0.29) is 6.07 Å². The number of H-pyrrole nitrogens is 1. The third-order valence-corrected chi connectivity index (χ3v) is 2.62. The Bertz CT molecular complexity index is 492. The summed E-state index contributed by atoms with van der Waals surface area (Å²) in [5.41, 5.74) is -1.97. The van der Waals surface area contributed by atoms with Crippen LogP contribution in [0.15, 0.2) is 12.3 Å². The van der Waals surface area contributed by atoms with Gasteiger partial charge in [-0.15, -0.1) is 0 Å². The van der Waals surface area contributed by atoms with Gasteiger partial charge in [0.2, 0.25) is 0 Å². The third kappa shape index (κ3) is 2.32. The summed E-state index contributed by atoms with van der Waals surface area (Å²) in [6.45, 7) is 0. The maximum Gasteiger partial charge on any atom is 0.393 e. The average molecular weight is 353 g/mol. The average Bonchev–Trinajstić information content (AvgIpc) is 2.80. The van der Waals surface area contributed by atoms with E-state index in [4.69, 9.17) is 0 Å². The molecule has 0 unspecified atom stereocenters. The maximum atomic E-state index is 13.3. The van der Waals surface area contributed by atoms with Crippen molar-refractivity contribution < 1.29 is 43.9 Å². The summed E-state index contributed by atoms with van der Waals surface area (Å²) in [6.07, 6.45) is 0.436. The minimum Gasteiger partial charge on any atom is -0.276 e. The summed E-state index contributed by atoms with van der Waals surface area (Å²) < 4.78 is 129. The van der Waals surface area contributed by atoms with E-state index in [1.807, 2.05) is 0 Å². The van der Waals surface area contributed by atoms with Crippen molar-refractivity contribution in [1.29, 1.82) is 0 Å². The van der Waals surface area contributed by atoms with Gasteiger partial charge < -0.3 is 0 Å². The van der Waals surface area contributed by atoms with E-state index < -0.39 is 34.8 Å². The van der Waals surface area contributed by atoms with Gasteiger partial charge in [0.1, 0.15) is 5.69 Å². The lowest BCUT2D eigenvalue weighted by Crippen LogP contribution is -2.65. The molecule has 1 aromatic rings. The number of aromatic amines is 1. The standard InChI is InChI=1S/C8H3ClF10N2/c9-8(18,19)7(16,17)6(14,15)5(12,13)4(10,11)3-1-2-20-21-3/h1-2H,(H,20,21). The summed E-state index contributed by atoms with van der Waals surface area (Å²) >= 11 is 3.63. The molecule has 0 radical (unpaired) electrons. The first-order chi connectivity index (χ1) is 9.11. The topological polar surface area (TPSA) is 28.7 Å². The molecular formula is C8H3ClF10N2. The van der Waals surface area contributed by atoms with E-state index >= 15 is 0 Å². The molecule has 1 N–H and O–H groups in total. The van der Waals surface area contributed by atoms with Crippen LogP contribution in [-0.2, 0) is 5.92 Å². The summed E-state index contributed by atoms with van der Waals surface area (Å²) in [6, 6.07) is 0.0843. The molecule has 0 amide bonds. The van der Waals surface area contributed by atoms with Crippen LogP contribution in [0.2, 0.25) is 0 Å². The van der Waals surface area contributed by atoms with E-state index in [2.05, 4.69) is 16.7 Å². The second-order valence-electron chi connectivity index (χ2n) is 3.77. The van der Waals surface area contributed by atoms with Crippen LogP contribution in [0.1, 0.15) is 5.69 Å². The molecule has 0 saturated carbocycles. The fourth-order valence-electron chi connectivity index (χ4n) is 1.17. The molecule has 0 fully saturated rings. The molecular weight excluding hydrogens is 350 g/mol. The van der Waals surface area contributed by atoms with Crippen LogP contribution in [0.25, 0.3) is 0 Å². The molecule has 0 aliphatic rings. The van der Waals surface area contributed by atoms with Crippen LogP contribution in [0, 0.1) is 0 Å².